The van der Waals surface area contributed by atoms with E-state index < -0.39 is 18.1 Å². The number of hydrogen-bond donors (Lipinski definition) is 6. The minimum absolute atomic E-state index is 0.0127. The molecule has 22 heteroatoms. The van der Waals surface area contributed by atoms with Crippen molar-refractivity contribution in [1.29, 1.82) is 0 Å². The Morgan fingerprint density at radius 1 is 0.457 bits per heavy atom. The number of amides is 9. The summed E-state index contributed by atoms with van der Waals surface area (Å²) in [5, 5.41) is 18.0. The molecule has 10 aliphatic heterocycles. The highest BCUT2D eigenvalue weighted by Gasteiger charge is 2.54. The molecule has 5 fully saturated rings. The van der Waals surface area contributed by atoms with Gasteiger partial charge in [0.05, 0.1) is 11.2 Å². The van der Waals surface area contributed by atoms with Gasteiger partial charge in [0.1, 0.15) is 18.1 Å². The standard InChI is InChI=1S/C22H29N3O3.C22H27N3O3.C15H28BNO2.C13H11BrN2O3/c2*1-21(2)10-15(11-22(3,4)24-21)13-5-6-16-14(9-13)12-25(20(16)28)17-7-8-18(26)23-19(17)27;1-12(2)9-11(10-13(3,4)17-12)16-18-14(5,6)15(7,8)19-16;14-8-1-2-9-7(5-8)6-16(13(9)19)10-3-4-11(17)15-12(10)18/h5-6,9,15,17,24H,7-8,10-12H2,1-4H3,(H,23,26,27);5-6,9-10,17,24H,7-8,11-12H2,1-4H3,(H,23,26,27);9,17H,10H2,1-8H3;1-2,5,10H,3-4,6H2,(H,15,17,18). The molecule has 6 N–H and O–H groups in total. The summed E-state index contributed by atoms with van der Waals surface area (Å²) in [5.74, 6) is -1.86. The zero-order valence-electron chi connectivity index (χ0n) is 57.6. The summed E-state index contributed by atoms with van der Waals surface area (Å²) in [5.41, 5.74) is 9.22. The molecule has 13 rings (SSSR count). The van der Waals surface area contributed by atoms with Crippen LogP contribution in [0.1, 0.15) is 240 Å². The molecule has 9 amide bonds. The van der Waals surface area contributed by atoms with Crippen LogP contribution >= 0.6 is 15.9 Å². The lowest BCUT2D eigenvalue weighted by Crippen LogP contribution is -2.57. The van der Waals surface area contributed by atoms with Crippen LogP contribution in [-0.2, 0) is 57.7 Å². The van der Waals surface area contributed by atoms with Gasteiger partial charge in [-0.3, -0.25) is 59.1 Å². The lowest BCUT2D eigenvalue weighted by Gasteiger charge is -2.46. The lowest BCUT2D eigenvalue weighted by atomic mass is 9.67. The third-order valence-electron chi connectivity index (χ3n) is 19.8. The Bertz CT molecular complexity index is 3680. The van der Waals surface area contributed by atoms with Crippen molar-refractivity contribution in [3.8, 4) is 0 Å². The summed E-state index contributed by atoms with van der Waals surface area (Å²) < 4.78 is 13.3. The van der Waals surface area contributed by atoms with Crippen molar-refractivity contribution in [3.05, 3.63) is 121 Å². The Labute approximate surface area is 562 Å². The molecular weight excluding hydrogens is 1260 g/mol. The molecule has 0 bridgehead atoms. The summed E-state index contributed by atoms with van der Waals surface area (Å²) in [6, 6.07) is 15.9. The van der Waals surface area contributed by atoms with Gasteiger partial charge < -0.3 is 40.0 Å². The van der Waals surface area contributed by atoms with Crippen molar-refractivity contribution in [1.82, 2.24) is 46.6 Å². The molecule has 3 unspecified atom stereocenters. The van der Waals surface area contributed by atoms with E-state index in [0.717, 1.165) is 52.4 Å². The first-order chi connectivity index (χ1) is 43.5. The van der Waals surface area contributed by atoms with Crippen LogP contribution in [0.3, 0.4) is 0 Å². The van der Waals surface area contributed by atoms with E-state index in [9.17, 15) is 43.2 Å². The number of carbonyl (C=O) groups excluding carboxylic acids is 9. The van der Waals surface area contributed by atoms with Crippen molar-refractivity contribution in [2.45, 2.75) is 263 Å². The number of nitrogens with one attached hydrogen (secondary N) is 6. The van der Waals surface area contributed by atoms with E-state index in [4.69, 9.17) is 9.31 Å². The molecule has 0 radical (unpaired) electrons. The molecule has 0 aromatic heterocycles. The average molecular weight is 1350 g/mol. The van der Waals surface area contributed by atoms with Gasteiger partial charge in [-0.05, 0) is 237 Å². The van der Waals surface area contributed by atoms with E-state index in [-0.39, 0.29) is 124 Å². The molecule has 10 aliphatic rings. The third kappa shape index (κ3) is 15.4. The smallest absolute Gasteiger partial charge is 0.400 e. The zero-order chi connectivity index (χ0) is 68.8. The van der Waals surface area contributed by atoms with Crippen LogP contribution in [-0.4, -0.2) is 138 Å². The molecule has 3 aromatic rings. The van der Waals surface area contributed by atoms with Crippen molar-refractivity contribution in [2.75, 3.05) is 0 Å². The second-order valence-corrected chi connectivity index (χ2v) is 33.0. The minimum atomic E-state index is -0.572. The second kappa shape index (κ2) is 25.4. The Morgan fingerprint density at radius 3 is 1.28 bits per heavy atom. The molecule has 10 heterocycles. The Balaban J connectivity index is 0.000000139. The number of imide groups is 3. The summed E-state index contributed by atoms with van der Waals surface area (Å²) in [6.45, 7) is 36.2. The van der Waals surface area contributed by atoms with Crippen molar-refractivity contribution in [3.63, 3.8) is 0 Å². The van der Waals surface area contributed by atoms with E-state index in [1.807, 2.05) is 30.3 Å². The Kier molecular flexibility index (Phi) is 18.9. The molecule has 5 saturated heterocycles. The van der Waals surface area contributed by atoms with E-state index in [1.54, 1.807) is 20.8 Å². The van der Waals surface area contributed by atoms with Crippen LogP contribution in [0.2, 0.25) is 0 Å². The largest absolute Gasteiger partial charge is 0.490 e. The van der Waals surface area contributed by atoms with E-state index in [2.05, 4.69) is 189 Å². The van der Waals surface area contributed by atoms with Gasteiger partial charge in [-0.25, -0.2) is 0 Å². The quantitative estimate of drug-likeness (QED) is 0.0995. The van der Waals surface area contributed by atoms with Gasteiger partial charge in [0.25, 0.3) is 17.7 Å². The van der Waals surface area contributed by atoms with Gasteiger partial charge in [0.2, 0.25) is 35.4 Å². The maximum absolute atomic E-state index is 12.9. The minimum Gasteiger partial charge on any atom is -0.400 e. The van der Waals surface area contributed by atoms with Gasteiger partial charge in [-0.2, -0.15) is 0 Å². The van der Waals surface area contributed by atoms with Crippen LogP contribution in [0.5, 0.6) is 0 Å². The number of nitrogens with zero attached hydrogens (tertiary/aromatic N) is 3. The first-order valence-electron chi connectivity index (χ1n) is 33.1. The number of rotatable bonds is 6. The average Bonchev–Trinajstić information content (AvgIpc) is 1.59. The summed E-state index contributed by atoms with van der Waals surface area (Å²) in [7, 11) is -0.217. The van der Waals surface area contributed by atoms with Crippen molar-refractivity contribution < 1.29 is 52.5 Å². The lowest BCUT2D eigenvalue weighted by molar-refractivity contribution is -0.138. The number of benzene rings is 3. The van der Waals surface area contributed by atoms with Gasteiger partial charge in [-0.1, -0.05) is 46.3 Å². The van der Waals surface area contributed by atoms with Crippen LogP contribution < -0.4 is 31.9 Å². The van der Waals surface area contributed by atoms with Crippen LogP contribution in [0.25, 0.3) is 5.57 Å². The number of carbonyl (C=O) groups is 9. The van der Waals surface area contributed by atoms with Gasteiger partial charge in [0, 0.05) is 93.3 Å². The third-order valence-corrected chi connectivity index (χ3v) is 20.3. The maximum Gasteiger partial charge on any atom is 0.490 e. The van der Waals surface area contributed by atoms with Gasteiger partial charge in [0.15, 0.2) is 0 Å². The second-order valence-electron chi connectivity index (χ2n) is 32.1. The zero-order valence-corrected chi connectivity index (χ0v) is 59.2. The molecule has 0 saturated carbocycles. The van der Waals surface area contributed by atoms with Crippen LogP contribution in [0.4, 0.5) is 0 Å². The number of fused-ring (bicyclic) bond motifs is 3. The molecule has 94 heavy (non-hydrogen) atoms. The highest BCUT2D eigenvalue weighted by Crippen LogP contribution is 2.44. The number of hydrogen-bond acceptors (Lipinski definition) is 14. The molecule has 0 spiro atoms. The molecule has 0 aliphatic carbocycles. The van der Waals surface area contributed by atoms with Crippen LogP contribution in [0, 0.1) is 0 Å². The molecule has 20 nitrogen and oxygen atoms in total. The van der Waals surface area contributed by atoms with Gasteiger partial charge in [-0.15, -0.1) is 0 Å². The number of piperidine rings is 4. The molecule has 3 aromatic carbocycles. The number of halogens is 1. The monoisotopic (exact) mass is 1350 g/mol. The predicted octanol–water partition coefficient (Wildman–Crippen LogP) is 9.16. The predicted molar refractivity (Wildman–Crippen MR) is 362 cm³/mol. The fourth-order valence-corrected chi connectivity index (χ4v) is 16.4. The van der Waals surface area contributed by atoms with E-state index in [0.29, 0.717) is 61.5 Å². The SMILES string of the molecule is CC1(C)C=C(B2OC(C)(C)C(C)(C)O2)CC(C)(C)N1.CC1(C)C=C(c2ccc3c(c2)CN(C2CCC(=O)NC2=O)C3=O)CC(C)(C)N1.CC1(C)CC(c2ccc3c(c2)CN(C2CCC(=O)NC2=O)C3=O)CC(C)(C)N1.O=C1CCC(N2Cc3cc(Br)ccc3C2=O)C(=O)N1. The highest BCUT2D eigenvalue weighted by molar-refractivity contribution is 9.10. The summed E-state index contributed by atoms with van der Waals surface area (Å²) >= 11 is 3.37. The maximum atomic E-state index is 12.9. The first-order valence-corrected chi connectivity index (χ1v) is 33.9. The highest BCUT2D eigenvalue weighted by atomic mass is 79.9. The first kappa shape index (κ1) is 70.1. The van der Waals surface area contributed by atoms with E-state index >= 15 is 0 Å². The summed E-state index contributed by atoms with van der Waals surface area (Å²) in [6.07, 6.45) is 10.5. The summed E-state index contributed by atoms with van der Waals surface area (Å²) in [4.78, 5) is 113. The molecule has 3 atom stereocenters. The Morgan fingerprint density at radius 2 is 0.851 bits per heavy atom. The van der Waals surface area contributed by atoms with Crippen LogP contribution in [0.15, 0.2) is 76.7 Å². The van der Waals surface area contributed by atoms with Crippen molar-refractivity contribution in [2.24, 2.45) is 0 Å². The van der Waals surface area contributed by atoms with Crippen molar-refractivity contribution >= 4 is 81.8 Å². The fraction of sp³-hybridized carbons (Fsp3) is 0.569. The molecular formula is C72H95BBrN9O11. The van der Waals surface area contributed by atoms with Gasteiger partial charge >= 0.3 is 7.12 Å². The Hall–Kier alpha value is -6.69. The molecule has 504 valence electrons. The topological polar surface area (TPSA) is 254 Å². The normalized spacial score (nSPS) is 26.6. The fourth-order valence-electron chi connectivity index (χ4n) is 15.9. The van der Waals surface area contributed by atoms with E-state index in [1.165, 1.54) is 16.6 Å².